The topological polar surface area (TPSA) is 63.2 Å². The summed E-state index contributed by atoms with van der Waals surface area (Å²) in [6.45, 7) is 3.86. The maximum Gasteiger partial charge on any atom is 0.354 e. The van der Waals surface area contributed by atoms with E-state index in [0.29, 0.717) is 23.3 Å². The van der Waals surface area contributed by atoms with Crippen molar-refractivity contribution in [2.24, 2.45) is 0 Å². The van der Waals surface area contributed by atoms with Gasteiger partial charge in [0.1, 0.15) is 18.2 Å². The Kier molecular flexibility index (Phi) is 2.93. The van der Waals surface area contributed by atoms with Gasteiger partial charge in [0.05, 0.1) is 0 Å². The molecule has 1 aromatic heterocycles. The summed E-state index contributed by atoms with van der Waals surface area (Å²) in [5.74, 6) is 0.462. The molecule has 0 amide bonds. The average molecular weight is 227 g/mol. The van der Waals surface area contributed by atoms with E-state index in [1.807, 2.05) is 0 Å². The summed E-state index contributed by atoms with van der Waals surface area (Å²) >= 11 is 0. The molecule has 0 N–H and O–H groups in total. The minimum atomic E-state index is -0.658. The van der Waals surface area contributed by atoms with Crippen molar-refractivity contribution in [3.8, 4) is 11.8 Å². The number of benzene rings is 1. The SMILES string of the molecule is C=CCOc1cccc2cc(C#N)c(=O)oc12. The molecule has 4 nitrogen and oxygen atoms in total. The average Bonchev–Trinajstić information content (AvgIpc) is 2.35. The van der Waals surface area contributed by atoms with Gasteiger partial charge in [-0.15, -0.1) is 0 Å². The van der Waals surface area contributed by atoms with Crippen LogP contribution < -0.4 is 10.4 Å². The van der Waals surface area contributed by atoms with Crippen LogP contribution in [-0.2, 0) is 0 Å². The second-order valence-corrected chi connectivity index (χ2v) is 3.33. The van der Waals surface area contributed by atoms with Gasteiger partial charge in [-0.05, 0) is 12.1 Å². The minimum Gasteiger partial charge on any atom is -0.486 e. The van der Waals surface area contributed by atoms with E-state index in [2.05, 4.69) is 6.58 Å². The number of hydrogen-bond acceptors (Lipinski definition) is 4. The lowest BCUT2D eigenvalue weighted by Gasteiger charge is -2.05. The summed E-state index contributed by atoms with van der Waals surface area (Å²) in [5, 5.41) is 9.39. The molecule has 0 saturated heterocycles. The van der Waals surface area contributed by atoms with Gasteiger partial charge in [-0.25, -0.2) is 4.79 Å². The molecule has 0 saturated carbocycles. The first-order chi connectivity index (χ1) is 8.26. The molecule has 0 fully saturated rings. The Morgan fingerprint density at radius 1 is 1.53 bits per heavy atom. The summed E-state index contributed by atoms with van der Waals surface area (Å²) < 4.78 is 10.4. The molecular weight excluding hydrogens is 218 g/mol. The molecule has 2 rings (SSSR count). The van der Waals surface area contributed by atoms with Crippen molar-refractivity contribution in [1.82, 2.24) is 0 Å². The number of nitrogens with zero attached hydrogens (tertiary/aromatic N) is 1. The number of ether oxygens (including phenoxy) is 1. The molecule has 0 aliphatic heterocycles. The van der Waals surface area contributed by atoms with Gasteiger partial charge in [-0.3, -0.25) is 0 Å². The van der Waals surface area contributed by atoms with Gasteiger partial charge in [-0.2, -0.15) is 5.26 Å². The molecule has 17 heavy (non-hydrogen) atoms. The third-order valence-electron chi connectivity index (χ3n) is 2.20. The molecule has 0 atom stereocenters. The second-order valence-electron chi connectivity index (χ2n) is 3.33. The lowest BCUT2D eigenvalue weighted by atomic mass is 10.2. The van der Waals surface area contributed by atoms with Crippen LogP contribution in [0.1, 0.15) is 5.56 Å². The first kappa shape index (κ1) is 11.0. The molecule has 0 unspecified atom stereocenters. The van der Waals surface area contributed by atoms with Crippen LogP contribution in [0.15, 0.2) is 46.1 Å². The van der Waals surface area contributed by atoms with Crippen molar-refractivity contribution in [2.75, 3.05) is 6.61 Å². The van der Waals surface area contributed by atoms with Crippen LogP contribution in [-0.4, -0.2) is 6.61 Å². The van der Waals surface area contributed by atoms with Crippen LogP contribution in [0.2, 0.25) is 0 Å². The number of fused-ring (bicyclic) bond motifs is 1. The van der Waals surface area contributed by atoms with Crippen LogP contribution in [0.5, 0.6) is 5.75 Å². The second kappa shape index (κ2) is 4.54. The van der Waals surface area contributed by atoms with Crippen molar-refractivity contribution in [1.29, 1.82) is 5.26 Å². The van der Waals surface area contributed by atoms with E-state index in [1.165, 1.54) is 6.07 Å². The van der Waals surface area contributed by atoms with Gasteiger partial charge < -0.3 is 9.15 Å². The Hall–Kier alpha value is -2.54. The van der Waals surface area contributed by atoms with E-state index in [4.69, 9.17) is 14.4 Å². The third kappa shape index (κ3) is 2.04. The molecule has 0 spiro atoms. The van der Waals surface area contributed by atoms with E-state index in [0.717, 1.165) is 0 Å². The lowest BCUT2D eigenvalue weighted by Crippen LogP contribution is -2.04. The molecule has 0 aliphatic carbocycles. The highest BCUT2D eigenvalue weighted by Crippen LogP contribution is 2.24. The van der Waals surface area contributed by atoms with Crippen LogP contribution in [0.4, 0.5) is 0 Å². The van der Waals surface area contributed by atoms with Crippen molar-refractivity contribution >= 4 is 11.0 Å². The van der Waals surface area contributed by atoms with E-state index < -0.39 is 5.63 Å². The molecule has 4 heteroatoms. The molecular formula is C13H9NO3. The predicted molar refractivity (Wildman–Crippen MR) is 62.9 cm³/mol. The van der Waals surface area contributed by atoms with Gasteiger partial charge in [0.2, 0.25) is 0 Å². The van der Waals surface area contributed by atoms with Crippen molar-refractivity contribution in [3.63, 3.8) is 0 Å². The molecule has 1 aromatic carbocycles. The lowest BCUT2D eigenvalue weighted by molar-refractivity contribution is 0.359. The number of para-hydroxylation sites is 1. The normalized spacial score (nSPS) is 9.82. The standard InChI is InChI=1S/C13H9NO3/c1-2-6-16-11-5-3-4-9-7-10(8-14)13(15)17-12(9)11/h2-5,7H,1,6H2. The monoisotopic (exact) mass is 227 g/mol. The van der Waals surface area contributed by atoms with E-state index in [-0.39, 0.29) is 5.56 Å². The summed E-state index contributed by atoms with van der Waals surface area (Å²) in [6, 6.07) is 8.49. The van der Waals surface area contributed by atoms with Crippen LogP contribution in [0.3, 0.4) is 0 Å². The van der Waals surface area contributed by atoms with E-state index in [9.17, 15) is 4.79 Å². The highest BCUT2D eigenvalue weighted by atomic mass is 16.5. The first-order valence-electron chi connectivity index (χ1n) is 4.97. The van der Waals surface area contributed by atoms with Crippen molar-refractivity contribution in [2.45, 2.75) is 0 Å². The summed E-state index contributed by atoms with van der Waals surface area (Å²) in [4.78, 5) is 11.4. The Balaban J connectivity index is 2.65. The summed E-state index contributed by atoms with van der Waals surface area (Å²) in [5.41, 5.74) is -0.327. The van der Waals surface area contributed by atoms with Crippen molar-refractivity contribution < 1.29 is 9.15 Å². The maximum atomic E-state index is 11.4. The zero-order valence-corrected chi connectivity index (χ0v) is 8.97. The Morgan fingerprint density at radius 3 is 3.06 bits per heavy atom. The summed E-state index contributed by atoms with van der Waals surface area (Å²) in [6.07, 6.45) is 1.60. The summed E-state index contributed by atoms with van der Waals surface area (Å²) in [7, 11) is 0. The Morgan fingerprint density at radius 2 is 2.35 bits per heavy atom. The molecule has 2 aromatic rings. The maximum absolute atomic E-state index is 11.4. The van der Waals surface area contributed by atoms with Crippen LogP contribution in [0, 0.1) is 11.3 Å². The minimum absolute atomic E-state index is 0.0154. The number of nitriles is 1. The quantitative estimate of drug-likeness (QED) is 0.595. The fourth-order valence-electron chi connectivity index (χ4n) is 1.46. The fourth-order valence-corrected chi connectivity index (χ4v) is 1.46. The van der Waals surface area contributed by atoms with Gasteiger partial charge in [0, 0.05) is 5.39 Å². The zero-order chi connectivity index (χ0) is 12.3. The number of rotatable bonds is 3. The number of hydrogen-bond donors (Lipinski definition) is 0. The van der Waals surface area contributed by atoms with Crippen molar-refractivity contribution in [3.05, 3.63) is 52.9 Å². The Labute approximate surface area is 97.4 Å². The largest absolute Gasteiger partial charge is 0.486 e. The van der Waals surface area contributed by atoms with Gasteiger partial charge in [0.15, 0.2) is 11.3 Å². The fraction of sp³-hybridized carbons (Fsp3) is 0.0769. The zero-order valence-electron chi connectivity index (χ0n) is 8.97. The molecule has 1 heterocycles. The predicted octanol–water partition coefficient (Wildman–Crippen LogP) is 2.23. The van der Waals surface area contributed by atoms with E-state index >= 15 is 0 Å². The first-order valence-corrected chi connectivity index (χ1v) is 4.97. The van der Waals surface area contributed by atoms with Gasteiger partial charge in [0.25, 0.3) is 0 Å². The molecule has 0 radical (unpaired) electrons. The Bertz CT molecular complexity index is 664. The molecule has 0 bridgehead atoms. The van der Waals surface area contributed by atoms with Crippen LogP contribution >= 0.6 is 0 Å². The molecule has 84 valence electrons. The molecule has 0 aliphatic rings. The highest BCUT2D eigenvalue weighted by molar-refractivity contribution is 5.83. The van der Waals surface area contributed by atoms with E-state index in [1.54, 1.807) is 30.3 Å². The van der Waals surface area contributed by atoms with Gasteiger partial charge in [-0.1, -0.05) is 24.8 Å². The smallest absolute Gasteiger partial charge is 0.354 e. The van der Waals surface area contributed by atoms with Crippen LogP contribution in [0.25, 0.3) is 11.0 Å². The highest BCUT2D eigenvalue weighted by Gasteiger charge is 2.08. The third-order valence-corrected chi connectivity index (χ3v) is 2.20. The van der Waals surface area contributed by atoms with Gasteiger partial charge >= 0.3 is 5.63 Å².